The highest BCUT2D eigenvalue weighted by Crippen LogP contribution is 2.32. The molecule has 1 rings (SSSR count). The molecule has 1 unspecified atom stereocenters. The van der Waals surface area contributed by atoms with Gasteiger partial charge >= 0.3 is 0 Å². The summed E-state index contributed by atoms with van der Waals surface area (Å²) in [6.45, 7) is 2.38. The summed E-state index contributed by atoms with van der Waals surface area (Å²) in [5.74, 6) is 3.03. The smallest absolute Gasteiger partial charge is 0.00953 e. The van der Waals surface area contributed by atoms with Crippen molar-refractivity contribution in [1.29, 1.82) is 0 Å². The summed E-state index contributed by atoms with van der Waals surface area (Å²) in [6, 6.07) is 0. The van der Waals surface area contributed by atoms with Crippen LogP contribution >= 0.6 is 12.6 Å². The number of rotatable bonds is 3. The van der Waals surface area contributed by atoms with Crippen molar-refractivity contribution in [3.63, 3.8) is 0 Å². The van der Waals surface area contributed by atoms with E-state index in [4.69, 9.17) is 0 Å². The zero-order chi connectivity index (χ0) is 7.40. The standard InChI is InChI=1S/C9H18S/c1-8(6-7-10)9-4-2-3-5-9/h8-10H,2-7H2,1H3. The quantitative estimate of drug-likeness (QED) is 0.599. The third-order valence-corrected chi connectivity index (χ3v) is 3.05. The maximum atomic E-state index is 4.25. The Hall–Kier alpha value is 0.350. The molecule has 1 fully saturated rings. The van der Waals surface area contributed by atoms with Crippen LogP contribution in [0.2, 0.25) is 0 Å². The van der Waals surface area contributed by atoms with Crippen molar-refractivity contribution in [2.75, 3.05) is 5.75 Å². The van der Waals surface area contributed by atoms with Crippen LogP contribution in [0.25, 0.3) is 0 Å². The molecule has 0 nitrogen and oxygen atoms in total. The predicted molar refractivity (Wildman–Crippen MR) is 49.6 cm³/mol. The maximum absolute atomic E-state index is 4.25. The molecule has 0 N–H and O–H groups in total. The Morgan fingerprint density at radius 3 is 2.50 bits per heavy atom. The van der Waals surface area contributed by atoms with Gasteiger partial charge in [-0.2, -0.15) is 12.6 Å². The SMILES string of the molecule is CC(CCS)C1CCCC1. The molecule has 0 bridgehead atoms. The van der Waals surface area contributed by atoms with Gasteiger partial charge < -0.3 is 0 Å². The lowest BCUT2D eigenvalue weighted by molar-refractivity contribution is 0.359. The predicted octanol–water partition coefficient (Wildman–Crippen LogP) is 3.13. The summed E-state index contributed by atoms with van der Waals surface area (Å²) in [6.07, 6.45) is 7.22. The van der Waals surface area contributed by atoms with Crippen LogP contribution in [0.5, 0.6) is 0 Å². The summed E-state index contributed by atoms with van der Waals surface area (Å²) in [7, 11) is 0. The molecule has 0 aromatic carbocycles. The summed E-state index contributed by atoms with van der Waals surface area (Å²) in [5, 5.41) is 0. The lowest BCUT2D eigenvalue weighted by Gasteiger charge is -2.16. The summed E-state index contributed by atoms with van der Waals surface area (Å²) < 4.78 is 0. The Labute approximate surface area is 69.8 Å². The minimum atomic E-state index is 0.931. The van der Waals surface area contributed by atoms with Crippen LogP contribution < -0.4 is 0 Å². The first-order valence-electron chi connectivity index (χ1n) is 4.45. The fourth-order valence-electron chi connectivity index (χ4n) is 1.97. The molecular weight excluding hydrogens is 140 g/mol. The van der Waals surface area contributed by atoms with E-state index in [2.05, 4.69) is 19.6 Å². The zero-order valence-corrected chi connectivity index (χ0v) is 7.74. The Morgan fingerprint density at radius 1 is 1.40 bits per heavy atom. The highest BCUT2D eigenvalue weighted by molar-refractivity contribution is 7.80. The maximum Gasteiger partial charge on any atom is -0.00953 e. The Balaban J connectivity index is 2.18. The van der Waals surface area contributed by atoms with Crippen LogP contribution in [-0.4, -0.2) is 5.75 Å². The molecule has 1 aliphatic carbocycles. The van der Waals surface area contributed by atoms with Gasteiger partial charge in [-0.05, 0) is 24.0 Å². The first-order valence-corrected chi connectivity index (χ1v) is 5.08. The monoisotopic (exact) mass is 158 g/mol. The van der Waals surface area contributed by atoms with E-state index in [9.17, 15) is 0 Å². The summed E-state index contributed by atoms with van der Waals surface area (Å²) in [4.78, 5) is 0. The minimum Gasteiger partial charge on any atom is -0.179 e. The van der Waals surface area contributed by atoms with E-state index >= 15 is 0 Å². The van der Waals surface area contributed by atoms with E-state index in [0.717, 1.165) is 17.6 Å². The van der Waals surface area contributed by atoms with Crippen molar-refractivity contribution in [1.82, 2.24) is 0 Å². The van der Waals surface area contributed by atoms with Gasteiger partial charge in [0.25, 0.3) is 0 Å². The fraction of sp³-hybridized carbons (Fsp3) is 1.00. The molecule has 1 atom stereocenters. The van der Waals surface area contributed by atoms with Crippen LogP contribution in [0.3, 0.4) is 0 Å². The van der Waals surface area contributed by atoms with E-state index in [0.29, 0.717) is 0 Å². The van der Waals surface area contributed by atoms with E-state index in [1.165, 1.54) is 32.1 Å². The topological polar surface area (TPSA) is 0 Å². The Bertz CT molecular complexity index is 84.7. The summed E-state index contributed by atoms with van der Waals surface area (Å²) in [5.41, 5.74) is 0. The summed E-state index contributed by atoms with van der Waals surface area (Å²) >= 11 is 4.25. The largest absolute Gasteiger partial charge is 0.179 e. The molecule has 1 saturated carbocycles. The van der Waals surface area contributed by atoms with E-state index in [1.807, 2.05) is 0 Å². The molecule has 0 radical (unpaired) electrons. The van der Waals surface area contributed by atoms with Crippen LogP contribution in [-0.2, 0) is 0 Å². The molecule has 0 heterocycles. The Kier molecular flexibility index (Phi) is 3.61. The molecule has 1 heteroatoms. The van der Waals surface area contributed by atoms with E-state index in [-0.39, 0.29) is 0 Å². The first-order chi connectivity index (χ1) is 4.84. The Morgan fingerprint density at radius 2 is 2.00 bits per heavy atom. The lowest BCUT2D eigenvalue weighted by Crippen LogP contribution is -2.07. The average molecular weight is 158 g/mol. The highest BCUT2D eigenvalue weighted by atomic mass is 32.1. The molecule has 0 amide bonds. The molecule has 1 aliphatic rings. The van der Waals surface area contributed by atoms with Gasteiger partial charge in [0.15, 0.2) is 0 Å². The van der Waals surface area contributed by atoms with Crippen LogP contribution in [0.1, 0.15) is 39.0 Å². The number of hydrogen-bond donors (Lipinski definition) is 1. The van der Waals surface area contributed by atoms with Gasteiger partial charge in [-0.25, -0.2) is 0 Å². The van der Waals surface area contributed by atoms with Crippen LogP contribution in [0, 0.1) is 11.8 Å². The molecule has 0 spiro atoms. The van der Waals surface area contributed by atoms with E-state index in [1.54, 1.807) is 0 Å². The lowest BCUT2D eigenvalue weighted by atomic mass is 9.91. The molecular formula is C9H18S. The van der Waals surface area contributed by atoms with Crippen molar-refractivity contribution >= 4 is 12.6 Å². The molecule has 0 aromatic heterocycles. The van der Waals surface area contributed by atoms with Crippen molar-refractivity contribution in [2.45, 2.75) is 39.0 Å². The van der Waals surface area contributed by atoms with Gasteiger partial charge in [0.05, 0.1) is 0 Å². The second-order valence-corrected chi connectivity index (χ2v) is 3.98. The number of hydrogen-bond acceptors (Lipinski definition) is 1. The number of thiol groups is 1. The van der Waals surface area contributed by atoms with Gasteiger partial charge in [-0.3, -0.25) is 0 Å². The van der Waals surface area contributed by atoms with Crippen molar-refractivity contribution in [2.24, 2.45) is 11.8 Å². The van der Waals surface area contributed by atoms with Gasteiger partial charge in [0.2, 0.25) is 0 Å². The van der Waals surface area contributed by atoms with Gasteiger partial charge in [0, 0.05) is 0 Å². The second-order valence-electron chi connectivity index (χ2n) is 3.53. The van der Waals surface area contributed by atoms with Crippen LogP contribution in [0.4, 0.5) is 0 Å². The first kappa shape index (κ1) is 8.45. The van der Waals surface area contributed by atoms with Crippen molar-refractivity contribution in [3.05, 3.63) is 0 Å². The average Bonchev–Trinajstić information content (AvgIpc) is 2.38. The van der Waals surface area contributed by atoms with Gasteiger partial charge in [-0.1, -0.05) is 32.6 Å². The third-order valence-electron chi connectivity index (χ3n) is 2.79. The van der Waals surface area contributed by atoms with E-state index < -0.39 is 0 Å². The third kappa shape index (κ3) is 2.19. The highest BCUT2D eigenvalue weighted by Gasteiger charge is 2.20. The van der Waals surface area contributed by atoms with Crippen LogP contribution in [0.15, 0.2) is 0 Å². The normalized spacial score (nSPS) is 23.4. The molecule has 60 valence electrons. The molecule has 0 saturated heterocycles. The van der Waals surface area contributed by atoms with Gasteiger partial charge in [0.1, 0.15) is 0 Å². The molecule has 0 aliphatic heterocycles. The van der Waals surface area contributed by atoms with Gasteiger partial charge in [-0.15, -0.1) is 0 Å². The molecule has 10 heavy (non-hydrogen) atoms. The van der Waals surface area contributed by atoms with Crippen molar-refractivity contribution in [3.8, 4) is 0 Å². The van der Waals surface area contributed by atoms with Crippen molar-refractivity contribution < 1.29 is 0 Å². The second kappa shape index (κ2) is 4.27. The fourth-order valence-corrected chi connectivity index (χ4v) is 2.37. The minimum absolute atomic E-state index is 0.931. The zero-order valence-electron chi connectivity index (χ0n) is 6.84. The molecule has 0 aromatic rings.